The van der Waals surface area contributed by atoms with Gasteiger partial charge in [0.25, 0.3) is 0 Å². The summed E-state index contributed by atoms with van der Waals surface area (Å²) in [6.07, 6.45) is 0.842. The standard InChI is InChI=1S/C24H33N3O2/c1-19(2)16-24(29)27(18-21-8-6-5-7-9-21)22-12-10-20(11-13-22)17-23(28)25-14-15-26(3)4/h5-13,19H,14-18H2,1-4H3,(H,25,28). The predicted octanol–water partition coefficient (Wildman–Crippen LogP) is 3.49. The number of nitrogens with zero attached hydrogens (tertiary/aromatic N) is 2. The Bertz CT molecular complexity index is 770. The van der Waals surface area contributed by atoms with Gasteiger partial charge >= 0.3 is 0 Å². The molecule has 0 atom stereocenters. The molecular formula is C24H33N3O2. The van der Waals surface area contributed by atoms with Crippen molar-refractivity contribution in [1.29, 1.82) is 0 Å². The monoisotopic (exact) mass is 395 g/mol. The van der Waals surface area contributed by atoms with E-state index >= 15 is 0 Å². The van der Waals surface area contributed by atoms with Crippen molar-refractivity contribution in [3.63, 3.8) is 0 Å². The maximum absolute atomic E-state index is 12.9. The second kappa shape index (κ2) is 11.4. The first-order valence-corrected chi connectivity index (χ1v) is 10.2. The van der Waals surface area contributed by atoms with E-state index in [0.29, 0.717) is 31.8 Å². The van der Waals surface area contributed by atoms with Crippen LogP contribution in [-0.2, 0) is 22.6 Å². The number of hydrogen-bond acceptors (Lipinski definition) is 3. The van der Waals surface area contributed by atoms with E-state index in [1.54, 1.807) is 0 Å². The molecule has 0 saturated heterocycles. The molecule has 0 aromatic heterocycles. The quantitative estimate of drug-likeness (QED) is 0.670. The molecule has 0 bridgehead atoms. The van der Waals surface area contributed by atoms with Gasteiger partial charge in [-0.1, -0.05) is 56.3 Å². The lowest BCUT2D eigenvalue weighted by Crippen LogP contribution is -2.32. The van der Waals surface area contributed by atoms with E-state index in [1.807, 2.05) is 78.5 Å². The smallest absolute Gasteiger partial charge is 0.227 e. The SMILES string of the molecule is CC(C)CC(=O)N(Cc1ccccc1)c1ccc(CC(=O)NCCN(C)C)cc1. The van der Waals surface area contributed by atoms with Gasteiger partial charge in [0.2, 0.25) is 11.8 Å². The number of amides is 2. The third kappa shape index (κ3) is 8.08. The highest BCUT2D eigenvalue weighted by Crippen LogP contribution is 2.21. The minimum Gasteiger partial charge on any atom is -0.355 e. The van der Waals surface area contributed by atoms with Crippen LogP contribution in [0.25, 0.3) is 0 Å². The first kappa shape index (κ1) is 22.6. The average molecular weight is 396 g/mol. The van der Waals surface area contributed by atoms with Crippen molar-refractivity contribution in [2.45, 2.75) is 33.2 Å². The van der Waals surface area contributed by atoms with Crippen LogP contribution in [0.15, 0.2) is 54.6 Å². The topological polar surface area (TPSA) is 52.7 Å². The van der Waals surface area contributed by atoms with Gasteiger partial charge in [0.05, 0.1) is 13.0 Å². The molecule has 0 aliphatic heterocycles. The Balaban J connectivity index is 2.06. The summed E-state index contributed by atoms with van der Waals surface area (Å²) < 4.78 is 0. The predicted molar refractivity (Wildman–Crippen MR) is 119 cm³/mol. The van der Waals surface area contributed by atoms with E-state index in [2.05, 4.69) is 19.2 Å². The third-order valence-corrected chi connectivity index (χ3v) is 4.56. The van der Waals surface area contributed by atoms with Crippen LogP contribution >= 0.6 is 0 Å². The van der Waals surface area contributed by atoms with Crippen LogP contribution in [0, 0.1) is 5.92 Å². The molecule has 2 amide bonds. The maximum Gasteiger partial charge on any atom is 0.227 e. The van der Waals surface area contributed by atoms with Gasteiger partial charge in [-0.15, -0.1) is 0 Å². The lowest BCUT2D eigenvalue weighted by Gasteiger charge is -2.24. The van der Waals surface area contributed by atoms with E-state index < -0.39 is 0 Å². The van der Waals surface area contributed by atoms with E-state index in [9.17, 15) is 9.59 Å². The molecule has 29 heavy (non-hydrogen) atoms. The van der Waals surface area contributed by atoms with Crippen molar-refractivity contribution in [2.24, 2.45) is 5.92 Å². The van der Waals surface area contributed by atoms with Crippen molar-refractivity contribution in [3.05, 3.63) is 65.7 Å². The molecule has 0 unspecified atom stereocenters. The van der Waals surface area contributed by atoms with Crippen LogP contribution in [0.2, 0.25) is 0 Å². The van der Waals surface area contributed by atoms with Crippen molar-refractivity contribution < 1.29 is 9.59 Å². The van der Waals surface area contributed by atoms with E-state index in [-0.39, 0.29) is 11.8 Å². The van der Waals surface area contributed by atoms with Crippen LogP contribution in [0.3, 0.4) is 0 Å². The van der Waals surface area contributed by atoms with Gasteiger partial charge in [-0.2, -0.15) is 0 Å². The molecule has 0 aliphatic rings. The second-order valence-electron chi connectivity index (χ2n) is 8.06. The van der Waals surface area contributed by atoms with Crippen LogP contribution in [0.5, 0.6) is 0 Å². The average Bonchev–Trinajstić information content (AvgIpc) is 2.67. The summed E-state index contributed by atoms with van der Waals surface area (Å²) in [5, 5.41) is 2.93. The van der Waals surface area contributed by atoms with Crippen molar-refractivity contribution >= 4 is 17.5 Å². The van der Waals surface area contributed by atoms with E-state index in [4.69, 9.17) is 0 Å². The Morgan fingerprint density at radius 1 is 0.931 bits per heavy atom. The Morgan fingerprint density at radius 2 is 1.59 bits per heavy atom. The number of rotatable bonds is 10. The summed E-state index contributed by atoms with van der Waals surface area (Å²) in [5.41, 5.74) is 2.89. The summed E-state index contributed by atoms with van der Waals surface area (Å²) in [6.45, 7) is 6.10. The molecular weight excluding hydrogens is 362 g/mol. The number of benzene rings is 2. The molecule has 2 aromatic rings. The van der Waals surface area contributed by atoms with Crippen LogP contribution in [0.1, 0.15) is 31.4 Å². The summed E-state index contributed by atoms with van der Waals surface area (Å²) >= 11 is 0. The van der Waals surface area contributed by atoms with Gasteiger partial charge in [-0.05, 0) is 43.3 Å². The Labute approximate surface area is 174 Å². The van der Waals surface area contributed by atoms with Crippen LogP contribution in [-0.4, -0.2) is 43.9 Å². The zero-order chi connectivity index (χ0) is 21.2. The molecule has 0 saturated carbocycles. The van der Waals surface area contributed by atoms with Gasteiger partial charge < -0.3 is 15.1 Å². The highest BCUT2D eigenvalue weighted by atomic mass is 16.2. The molecule has 0 aliphatic carbocycles. The number of anilines is 1. The molecule has 2 rings (SSSR count). The molecule has 0 spiro atoms. The Kier molecular flexibility index (Phi) is 8.87. The molecule has 5 nitrogen and oxygen atoms in total. The van der Waals surface area contributed by atoms with Gasteiger partial charge in [0.1, 0.15) is 0 Å². The number of carbonyl (C=O) groups excluding carboxylic acids is 2. The minimum absolute atomic E-state index is 0.0108. The van der Waals surface area contributed by atoms with Crippen molar-refractivity contribution in [3.8, 4) is 0 Å². The van der Waals surface area contributed by atoms with E-state index in [0.717, 1.165) is 23.4 Å². The summed E-state index contributed by atoms with van der Waals surface area (Å²) in [5.74, 6) is 0.417. The molecule has 0 radical (unpaired) electrons. The molecule has 5 heteroatoms. The number of likely N-dealkylation sites (N-methyl/N-ethyl adjacent to an activating group) is 1. The molecule has 156 valence electrons. The summed E-state index contributed by atoms with van der Waals surface area (Å²) in [7, 11) is 3.96. The fraction of sp³-hybridized carbons (Fsp3) is 0.417. The molecule has 0 fully saturated rings. The van der Waals surface area contributed by atoms with Gasteiger partial charge in [0, 0.05) is 25.2 Å². The fourth-order valence-electron chi connectivity index (χ4n) is 3.01. The third-order valence-electron chi connectivity index (χ3n) is 4.56. The van der Waals surface area contributed by atoms with Gasteiger partial charge in [-0.25, -0.2) is 0 Å². The van der Waals surface area contributed by atoms with E-state index in [1.165, 1.54) is 0 Å². The molecule has 2 aromatic carbocycles. The highest BCUT2D eigenvalue weighted by molar-refractivity contribution is 5.93. The van der Waals surface area contributed by atoms with Crippen molar-refractivity contribution in [2.75, 3.05) is 32.1 Å². The largest absolute Gasteiger partial charge is 0.355 e. The first-order valence-electron chi connectivity index (χ1n) is 10.2. The lowest BCUT2D eigenvalue weighted by atomic mass is 10.1. The number of nitrogens with one attached hydrogen (secondary N) is 1. The van der Waals surface area contributed by atoms with Gasteiger partial charge in [-0.3, -0.25) is 9.59 Å². The lowest BCUT2D eigenvalue weighted by molar-refractivity contribution is -0.120. The van der Waals surface area contributed by atoms with Gasteiger partial charge in [0.15, 0.2) is 0 Å². The van der Waals surface area contributed by atoms with Crippen LogP contribution in [0.4, 0.5) is 5.69 Å². The number of hydrogen-bond donors (Lipinski definition) is 1. The maximum atomic E-state index is 12.9. The number of carbonyl (C=O) groups is 2. The van der Waals surface area contributed by atoms with Crippen molar-refractivity contribution in [1.82, 2.24) is 10.2 Å². The zero-order valence-electron chi connectivity index (χ0n) is 18.0. The molecule has 1 N–H and O–H groups in total. The Morgan fingerprint density at radius 3 is 2.17 bits per heavy atom. The summed E-state index contributed by atoms with van der Waals surface area (Å²) in [6, 6.07) is 17.7. The second-order valence-corrected chi connectivity index (χ2v) is 8.06. The highest BCUT2D eigenvalue weighted by Gasteiger charge is 2.17. The zero-order valence-corrected chi connectivity index (χ0v) is 18.0. The Hall–Kier alpha value is -2.66. The summed E-state index contributed by atoms with van der Waals surface area (Å²) in [4.78, 5) is 28.8. The first-order chi connectivity index (χ1) is 13.8. The normalized spacial score (nSPS) is 11.0. The fourth-order valence-corrected chi connectivity index (χ4v) is 3.01. The molecule has 0 heterocycles. The van der Waals surface area contributed by atoms with Crippen LogP contribution < -0.4 is 10.2 Å². The minimum atomic E-state index is 0.0108.